The van der Waals surface area contributed by atoms with Gasteiger partial charge in [0.1, 0.15) is 16.4 Å². The molecule has 0 saturated heterocycles. The minimum atomic E-state index is -3.03. The maximum atomic E-state index is 13.0. The van der Waals surface area contributed by atoms with Gasteiger partial charge in [-0.2, -0.15) is 8.78 Å². The Hall–Kier alpha value is -2.06. The molecule has 8 heteroatoms. The molecule has 1 heterocycles. The number of nitrogens with one attached hydrogen (secondary N) is 1. The van der Waals surface area contributed by atoms with E-state index in [1.54, 1.807) is 0 Å². The number of benzene rings is 1. The normalized spacial score (nSPS) is 12.2. The van der Waals surface area contributed by atoms with E-state index in [0.717, 1.165) is 17.4 Å². The van der Waals surface area contributed by atoms with Gasteiger partial charge in [0.05, 0.1) is 6.10 Å². The van der Waals surface area contributed by atoms with Gasteiger partial charge in [0, 0.05) is 6.54 Å². The predicted molar refractivity (Wildman–Crippen MR) is 74.6 cm³/mol. The minimum Gasteiger partial charge on any atom is -0.433 e. The number of hydrogen-bond donors (Lipinski definition) is 2. The molecule has 0 fully saturated rings. The Morgan fingerprint density at radius 3 is 2.82 bits per heavy atom. The minimum absolute atomic E-state index is 0.0215. The molecule has 1 aromatic heterocycles. The van der Waals surface area contributed by atoms with Crippen LogP contribution in [-0.2, 0) is 0 Å². The molecule has 4 nitrogen and oxygen atoms in total. The molecule has 2 aromatic rings. The van der Waals surface area contributed by atoms with Crippen molar-refractivity contribution >= 4 is 17.2 Å². The maximum absolute atomic E-state index is 13.0. The molecule has 2 rings (SSSR count). The third-order valence-corrected chi connectivity index (χ3v) is 3.64. The summed E-state index contributed by atoms with van der Waals surface area (Å²) in [5.74, 6) is -1.38. The number of amides is 1. The van der Waals surface area contributed by atoms with Crippen molar-refractivity contribution in [2.75, 3.05) is 6.54 Å². The number of alkyl halides is 2. The first-order valence-corrected chi connectivity index (χ1v) is 7.09. The van der Waals surface area contributed by atoms with Crippen LogP contribution in [0.2, 0.25) is 0 Å². The second-order valence-corrected chi connectivity index (χ2v) is 5.19. The largest absolute Gasteiger partial charge is 0.433 e. The van der Waals surface area contributed by atoms with Crippen LogP contribution in [0.4, 0.5) is 13.2 Å². The number of thiophene rings is 1. The molecular weight excluding hydrogens is 319 g/mol. The summed E-state index contributed by atoms with van der Waals surface area (Å²) in [5.41, 5.74) is 0.301. The van der Waals surface area contributed by atoms with Crippen molar-refractivity contribution in [3.8, 4) is 5.75 Å². The van der Waals surface area contributed by atoms with Crippen molar-refractivity contribution < 1.29 is 27.8 Å². The van der Waals surface area contributed by atoms with Crippen molar-refractivity contribution in [1.29, 1.82) is 0 Å². The molecule has 1 amide bonds. The van der Waals surface area contributed by atoms with Gasteiger partial charge in [-0.25, -0.2) is 4.39 Å². The van der Waals surface area contributed by atoms with Crippen molar-refractivity contribution in [1.82, 2.24) is 5.32 Å². The van der Waals surface area contributed by atoms with E-state index >= 15 is 0 Å². The van der Waals surface area contributed by atoms with Gasteiger partial charge in [0.2, 0.25) is 0 Å². The summed E-state index contributed by atoms with van der Waals surface area (Å²) in [6, 6.07) is 6.58. The monoisotopic (exact) mass is 331 g/mol. The van der Waals surface area contributed by atoms with Gasteiger partial charge in [-0.3, -0.25) is 4.79 Å². The Morgan fingerprint density at radius 1 is 1.36 bits per heavy atom. The molecular formula is C14H12F3NO3S. The summed E-state index contributed by atoms with van der Waals surface area (Å²) in [5, 5.41) is 13.7. The van der Waals surface area contributed by atoms with E-state index in [0.29, 0.717) is 5.56 Å². The van der Waals surface area contributed by atoms with Gasteiger partial charge in [-0.15, -0.1) is 11.3 Å². The second-order valence-electron chi connectivity index (χ2n) is 4.27. The SMILES string of the molecule is O=C(NC[C@H](O)c1cccc(F)c1)c1sccc1OC(F)F. The molecule has 1 atom stereocenters. The molecule has 0 aliphatic carbocycles. The fourth-order valence-electron chi connectivity index (χ4n) is 1.75. The van der Waals surface area contributed by atoms with Gasteiger partial charge in [0.25, 0.3) is 5.91 Å². The lowest BCUT2D eigenvalue weighted by Gasteiger charge is -2.12. The van der Waals surface area contributed by atoms with Crippen LogP contribution in [0, 0.1) is 5.82 Å². The zero-order chi connectivity index (χ0) is 16.1. The van der Waals surface area contributed by atoms with Crippen LogP contribution in [0.25, 0.3) is 0 Å². The zero-order valence-electron chi connectivity index (χ0n) is 11.1. The summed E-state index contributed by atoms with van der Waals surface area (Å²) < 4.78 is 41.6. The van der Waals surface area contributed by atoms with Crippen LogP contribution in [0.1, 0.15) is 21.3 Å². The maximum Gasteiger partial charge on any atom is 0.387 e. The molecule has 0 aliphatic heterocycles. The lowest BCUT2D eigenvalue weighted by molar-refractivity contribution is -0.0498. The molecule has 2 N–H and O–H groups in total. The van der Waals surface area contributed by atoms with E-state index in [2.05, 4.69) is 10.1 Å². The Kier molecular flexibility index (Phi) is 5.40. The fraction of sp³-hybridized carbons (Fsp3) is 0.214. The van der Waals surface area contributed by atoms with Crippen LogP contribution in [0.3, 0.4) is 0 Å². The third kappa shape index (κ3) is 4.22. The van der Waals surface area contributed by atoms with Crippen molar-refractivity contribution in [2.45, 2.75) is 12.7 Å². The van der Waals surface area contributed by atoms with Gasteiger partial charge in [-0.1, -0.05) is 12.1 Å². The van der Waals surface area contributed by atoms with E-state index in [-0.39, 0.29) is 17.2 Å². The number of halogens is 3. The molecule has 0 aliphatic rings. The third-order valence-electron chi connectivity index (χ3n) is 2.74. The number of aliphatic hydroxyl groups is 1. The van der Waals surface area contributed by atoms with Crippen LogP contribution in [0.15, 0.2) is 35.7 Å². The molecule has 0 unspecified atom stereocenters. The number of aliphatic hydroxyl groups excluding tert-OH is 1. The molecule has 22 heavy (non-hydrogen) atoms. The van der Waals surface area contributed by atoms with Crippen molar-refractivity contribution in [3.05, 3.63) is 52.0 Å². The summed E-state index contributed by atoms with van der Waals surface area (Å²) >= 11 is 0.938. The molecule has 118 valence electrons. The molecule has 0 spiro atoms. The molecule has 1 aromatic carbocycles. The van der Waals surface area contributed by atoms with Crippen LogP contribution in [0.5, 0.6) is 5.75 Å². The fourth-order valence-corrected chi connectivity index (χ4v) is 2.49. The smallest absolute Gasteiger partial charge is 0.387 e. The van der Waals surface area contributed by atoms with E-state index < -0.39 is 24.4 Å². The summed E-state index contributed by atoms with van der Waals surface area (Å²) in [4.78, 5) is 11.9. The van der Waals surface area contributed by atoms with E-state index in [4.69, 9.17) is 0 Å². The highest BCUT2D eigenvalue weighted by Gasteiger charge is 2.18. The van der Waals surface area contributed by atoms with Gasteiger partial charge in [0.15, 0.2) is 0 Å². The molecule has 0 bridgehead atoms. The number of carbonyl (C=O) groups excluding carboxylic acids is 1. The van der Waals surface area contributed by atoms with Crippen molar-refractivity contribution in [2.24, 2.45) is 0 Å². The average molecular weight is 331 g/mol. The highest BCUT2D eigenvalue weighted by molar-refractivity contribution is 7.12. The lowest BCUT2D eigenvalue weighted by Crippen LogP contribution is -2.28. The standard InChI is InChI=1S/C14H12F3NO3S/c15-9-3-1-2-8(6-9)10(19)7-18-13(20)12-11(4-5-22-12)21-14(16)17/h1-6,10,14,19H,7H2,(H,18,20)/t10-/m0/s1. The second kappa shape index (κ2) is 7.28. The number of rotatable bonds is 6. The molecule has 0 saturated carbocycles. The highest BCUT2D eigenvalue weighted by atomic mass is 32.1. The van der Waals surface area contributed by atoms with Gasteiger partial charge < -0.3 is 15.2 Å². The Balaban J connectivity index is 1.97. The van der Waals surface area contributed by atoms with Gasteiger partial charge in [-0.05, 0) is 29.1 Å². The Labute approximate surface area is 128 Å². The lowest BCUT2D eigenvalue weighted by atomic mass is 10.1. The quantitative estimate of drug-likeness (QED) is 0.856. The Bertz CT molecular complexity index is 648. The number of hydrogen-bond acceptors (Lipinski definition) is 4. The van der Waals surface area contributed by atoms with E-state index in [1.165, 1.54) is 29.6 Å². The first kappa shape index (κ1) is 16.3. The summed E-state index contributed by atoms with van der Waals surface area (Å²) in [6.45, 7) is -3.21. The highest BCUT2D eigenvalue weighted by Crippen LogP contribution is 2.26. The van der Waals surface area contributed by atoms with Crippen LogP contribution >= 0.6 is 11.3 Å². The van der Waals surface area contributed by atoms with E-state index in [9.17, 15) is 23.1 Å². The van der Waals surface area contributed by atoms with E-state index in [1.807, 2.05) is 0 Å². The average Bonchev–Trinajstić information content (AvgIpc) is 2.91. The van der Waals surface area contributed by atoms with Crippen molar-refractivity contribution in [3.63, 3.8) is 0 Å². The first-order chi connectivity index (χ1) is 10.5. The zero-order valence-corrected chi connectivity index (χ0v) is 11.9. The predicted octanol–water partition coefficient (Wildman–Crippen LogP) is 2.95. The summed E-state index contributed by atoms with van der Waals surface area (Å²) in [6.07, 6.45) is -1.11. The Morgan fingerprint density at radius 2 is 2.14 bits per heavy atom. The first-order valence-electron chi connectivity index (χ1n) is 6.21. The number of ether oxygens (including phenoxy) is 1. The van der Waals surface area contributed by atoms with Crippen LogP contribution < -0.4 is 10.1 Å². The topological polar surface area (TPSA) is 58.6 Å². The van der Waals surface area contributed by atoms with Crippen LogP contribution in [-0.4, -0.2) is 24.2 Å². The summed E-state index contributed by atoms with van der Waals surface area (Å²) in [7, 11) is 0. The molecule has 0 radical (unpaired) electrons. The number of carbonyl (C=O) groups is 1. The van der Waals surface area contributed by atoms with Gasteiger partial charge >= 0.3 is 6.61 Å².